The largest absolute Gasteiger partial charge is 0.480 e. The van der Waals surface area contributed by atoms with Crippen LogP contribution in [0.5, 0.6) is 0 Å². The van der Waals surface area contributed by atoms with E-state index >= 15 is 0 Å². The third-order valence-corrected chi connectivity index (χ3v) is 3.39. The zero-order chi connectivity index (χ0) is 13.8. The first-order chi connectivity index (χ1) is 8.41. The summed E-state index contributed by atoms with van der Waals surface area (Å²) in [6.07, 6.45) is 7.75. The molecule has 18 heavy (non-hydrogen) atoms. The molecule has 2 unspecified atom stereocenters. The molecular formula is C13H20N2O3. The molecule has 1 saturated heterocycles. The van der Waals surface area contributed by atoms with Gasteiger partial charge in [-0.05, 0) is 33.1 Å². The highest BCUT2D eigenvalue weighted by atomic mass is 16.4. The molecular weight excluding hydrogens is 232 g/mol. The summed E-state index contributed by atoms with van der Waals surface area (Å²) in [5.41, 5.74) is -1.11. The molecule has 1 aliphatic heterocycles. The van der Waals surface area contributed by atoms with Gasteiger partial charge in [0.1, 0.15) is 5.54 Å². The van der Waals surface area contributed by atoms with E-state index in [0.717, 1.165) is 12.8 Å². The molecule has 5 nitrogen and oxygen atoms in total. The van der Waals surface area contributed by atoms with Gasteiger partial charge in [-0.15, -0.1) is 12.3 Å². The van der Waals surface area contributed by atoms with Crippen LogP contribution < -0.4 is 5.32 Å². The van der Waals surface area contributed by atoms with Gasteiger partial charge in [-0.2, -0.15) is 0 Å². The molecule has 1 rings (SSSR count). The van der Waals surface area contributed by atoms with Gasteiger partial charge in [0.05, 0.1) is 0 Å². The van der Waals surface area contributed by atoms with Crippen molar-refractivity contribution in [3.05, 3.63) is 0 Å². The van der Waals surface area contributed by atoms with Gasteiger partial charge in [0, 0.05) is 19.0 Å². The number of carbonyl (C=O) groups excluding carboxylic acids is 1. The highest BCUT2D eigenvalue weighted by molar-refractivity contribution is 5.86. The lowest BCUT2D eigenvalue weighted by Gasteiger charge is -2.41. The first-order valence-electron chi connectivity index (χ1n) is 6.17. The van der Waals surface area contributed by atoms with Crippen molar-refractivity contribution in [3.63, 3.8) is 0 Å². The molecule has 0 aliphatic carbocycles. The number of urea groups is 1. The lowest BCUT2D eigenvalue weighted by atomic mass is 9.89. The third-order valence-electron chi connectivity index (χ3n) is 3.39. The standard InChI is InChI=1S/C13H20N2O3/c1-4-7-10(2)14-12(18)15-9-6-5-8-13(15,3)11(16)17/h1,10H,5-9H2,2-3H3,(H,14,18)(H,16,17). The second-order valence-corrected chi connectivity index (χ2v) is 4.95. The molecule has 2 atom stereocenters. The Kier molecular flexibility index (Phi) is 4.60. The molecule has 1 aliphatic rings. The second-order valence-electron chi connectivity index (χ2n) is 4.95. The van der Waals surface area contributed by atoms with Crippen LogP contribution in [0.2, 0.25) is 0 Å². The van der Waals surface area contributed by atoms with Crippen LogP contribution >= 0.6 is 0 Å². The number of hydrogen-bond acceptors (Lipinski definition) is 2. The smallest absolute Gasteiger partial charge is 0.329 e. The maximum Gasteiger partial charge on any atom is 0.329 e. The zero-order valence-electron chi connectivity index (χ0n) is 10.9. The number of hydrogen-bond donors (Lipinski definition) is 2. The highest BCUT2D eigenvalue weighted by Gasteiger charge is 2.44. The van der Waals surface area contributed by atoms with Crippen molar-refractivity contribution in [2.24, 2.45) is 0 Å². The number of carboxylic acids is 1. The fourth-order valence-corrected chi connectivity index (χ4v) is 2.19. The van der Waals surface area contributed by atoms with Crippen molar-refractivity contribution in [1.29, 1.82) is 0 Å². The number of piperidine rings is 1. The summed E-state index contributed by atoms with van der Waals surface area (Å²) in [6, 6.07) is -0.496. The van der Waals surface area contributed by atoms with Crippen molar-refractivity contribution >= 4 is 12.0 Å². The zero-order valence-corrected chi connectivity index (χ0v) is 10.9. The molecule has 0 spiro atoms. The van der Waals surface area contributed by atoms with E-state index < -0.39 is 11.5 Å². The lowest BCUT2D eigenvalue weighted by Crippen LogP contribution is -2.60. The van der Waals surface area contributed by atoms with Gasteiger partial charge < -0.3 is 15.3 Å². The number of carbonyl (C=O) groups is 2. The number of amides is 2. The van der Waals surface area contributed by atoms with Crippen LogP contribution in [0.3, 0.4) is 0 Å². The Balaban J connectivity index is 2.76. The van der Waals surface area contributed by atoms with E-state index in [-0.39, 0.29) is 12.1 Å². The SMILES string of the molecule is C#CCC(C)NC(=O)N1CCCCC1(C)C(=O)O. The fraction of sp³-hybridized carbons (Fsp3) is 0.692. The minimum Gasteiger partial charge on any atom is -0.480 e. The predicted molar refractivity (Wildman–Crippen MR) is 68.0 cm³/mol. The van der Waals surface area contributed by atoms with Gasteiger partial charge in [0.25, 0.3) is 0 Å². The van der Waals surface area contributed by atoms with Crippen LogP contribution in [-0.2, 0) is 4.79 Å². The summed E-state index contributed by atoms with van der Waals surface area (Å²) in [6.45, 7) is 3.87. The first-order valence-corrected chi connectivity index (χ1v) is 6.17. The minimum absolute atomic E-state index is 0.150. The van der Waals surface area contributed by atoms with Crippen molar-refractivity contribution in [2.45, 2.75) is 51.1 Å². The predicted octanol–water partition coefficient (Wildman–Crippen LogP) is 1.44. The van der Waals surface area contributed by atoms with Gasteiger partial charge >= 0.3 is 12.0 Å². The van der Waals surface area contributed by atoms with Crippen LogP contribution in [0.15, 0.2) is 0 Å². The maximum absolute atomic E-state index is 12.1. The van der Waals surface area contributed by atoms with E-state index in [0.29, 0.717) is 19.4 Å². The molecule has 1 fully saturated rings. The van der Waals surface area contributed by atoms with Gasteiger partial charge in [0.15, 0.2) is 0 Å². The van der Waals surface area contributed by atoms with Gasteiger partial charge in [-0.1, -0.05) is 0 Å². The summed E-state index contributed by atoms with van der Waals surface area (Å²) in [5, 5.41) is 12.0. The van der Waals surface area contributed by atoms with E-state index in [1.54, 1.807) is 13.8 Å². The number of nitrogens with zero attached hydrogens (tertiary/aromatic N) is 1. The van der Waals surface area contributed by atoms with Crippen molar-refractivity contribution in [2.75, 3.05) is 6.54 Å². The third kappa shape index (κ3) is 2.95. The van der Waals surface area contributed by atoms with Crippen LogP contribution in [0.25, 0.3) is 0 Å². The number of nitrogens with one attached hydrogen (secondary N) is 1. The van der Waals surface area contributed by atoms with Crippen LogP contribution in [0.1, 0.15) is 39.5 Å². The van der Waals surface area contributed by atoms with Crippen molar-refractivity contribution in [3.8, 4) is 12.3 Å². The van der Waals surface area contributed by atoms with Crippen molar-refractivity contribution in [1.82, 2.24) is 10.2 Å². The van der Waals surface area contributed by atoms with Crippen LogP contribution in [-0.4, -0.2) is 40.1 Å². The molecule has 0 aromatic rings. The molecule has 0 radical (unpaired) electrons. The fourth-order valence-electron chi connectivity index (χ4n) is 2.19. The highest BCUT2D eigenvalue weighted by Crippen LogP contribution is 2.28. The van der Waals surface area contributed by atoms with Gasteiger partial charge in [0.2, 0.25) is 0 Å². The van der Waals surface area contributed by atoms with E-state index in [1.807, 2.05) is 0 Å². The summed E-state index contributed by atoms with van der Waals surface area (Å²) in [7, 11) is 0. The second kappa shape index (κ2) is 5.76. The first kappa shape index (κ1) is 14.4. The van der Waals surface area contributed by atoms with E-state index in [4.69, 9.17) is 6.42 Å². The van der Waals surface area contributed by atoms with E-state index in [1.165, 1.54) is 4.90 Å². The summed E-state index contributed by atoms with van der Waals surface area (Å²) < 4.78 is 0. The summed E-state index contributed by atoms with van der Waals surface area (Å²) >= 11 is 0. The molecule has 5 heteroatoms. The molecule has 2 amide bonds. The average Bonchev–Trinajstić information content (AvgIpc) is 2.29. The Labute approximate surface area is 108 Å². The van der Waals surface area contributed by atoms with Gasteiger partial charge in [-0.25, -0.2) is 9.59 Å². The summed E-state index contributed by atoms with van der Waals surface area (Å²) in [4.78, 5) is 24.8. The summed E-state index contributed by atoms with van der Waals surface area (Å²) in [5.74, 6) is 1.51. The Morgan fingerprint density at radius 2 is 2.22 bits per heavy atom. The number of aliphatic carboxylic acids is 1. The molecule has 2 N–H and O–H groups in total. The Hall–Kier alpha value is -1.70. The van der Waals surface area contributed by atoms with Crippen LogP contribution in [0.4, 0.5) is 4.79 Å². The topological polar surface area (TPSA) is 69.6 Å². The maximum atomic E-state index is 12.1. The number of likely N-dealkylation sites (tertiary alicyclic amines) is 1. The quantitative estimate of drug-likeness (QED) is 0.747. The van der Waals surface area contributed by atoms with E-state index in [2.05, 4.69) is 11.2 Å². The Bertz CT molecular complexity index is 375. The normalized spacial score (nSPS) is 25.1. The average molecular weight is 252 g/mol. The minimum atomic E-state index is -1.11. The molecule has 0 aromatic carbocycles. The number of rotatable bonds is 3. The lowest BCUT2D eigenvalue weighted by molar-refractivity contribution is -0.150. The monoisotopic (exact) mass is 252 g/mol. The molecule has 0 bridgehead atoms. The van der Waals surface area contributed by atoms with Crippen LogP contribution in [0, 0.1) is 12.3 Å². The molecule has 1 heterocycles. The van der Waals surface area contributed by atoms with E-state index in [9.17, 15) is 14.7 Å². The number of terminal acetylenes is 1. The molecule has 100 valence electrons. The molecule has 0 aromatic heterocycles. The van der Waals surface area contributed by atoms with Crippen molar-refractivity contribution < 1.29 is 14.7 Å². The Morgan fingerprint density at radius 3 is 2.78 bits per heavy atom. The van der Waals surface area contributed by atoms with Gasteiger partial charge in [-0.3, -0.25) is 0 Å². The molecule has 0 saturated carbocycles. The Morgan fingerprint density at radius 1 is 1.56 bits per heavy atom. The number of carboxylic acid groups (broad SMARTS) is 1.